The third-order valence-electron chi connectivity index (χ3n) is 5.38. The molecule has 0 aliphatic heterocycles. The number of likely N-dealkylation sites (N-methyl/N-ethyl adjacent to an activating group) is 1. The smallest absolute Gasteiger partial charge is 0.409 e. The third kappa shape index (κ3) is 5.14. The summed E-state index contributed by atoms with van der Waals surface area (Å²) in [4.78, 5) is 14.1. The molecule has 0 heterocycles. The monoisotopic (exact) mass is 381 g/mol. The Morgan fingerprint density at radius 3 is 2.39 bits per heavy atom. The number of carbonyl (C=O) groups excluding carboxylic acids is 1. The molecule has 1 aliphatic carbocycles. The number of hydrogen-bond acceptors (Lipinski definition) is 3. The summed E-state index contributed by atoms with van der Waals surface area (Å²) in [5.74, 6) is 0.736. The van der Waals surface area contributed by atoms with Crippen molar-refractivity contribution >= 4 is 6.09 Å². The fourth-order valence-corrected chi connectivity index (χ4v) is 3.74. The Morgan fingerprint density at radius 1 is 1.11 bits per heavy atom. The quantitative estimate of drug-likeness (QED) is 0.621. The van der Waals surface area contributed by atoms with Gasteiger partial charge in [-0.05, 0) is 29.4 Å². The molecule has 1 fully saturated rings. The Labute approximate surface area is 168 Å². The number of benzene rings is 2. The van der Waals surface area contributed by atoms with E-state index in [-0.39, 0.29) is 11.5 Å². The molecule has 1 saturated carbocycles. The summed E-state index contributed by atoms with van der Waals surface area (Å²) >= 11 is 0. The lowest BCUT2D eigenvalue weighted by Crippen LogP contribution is -2.36. The second-order valence-corrected chi connectivity index (χ2v) is 8.25. The van der Waals surface area contributed by atoms with Crippen molar-refractivity contribution in [2.75, 3.05) is 26.8 Å². The van der Waals surface area contributed by atoms with Crippen molar-refractivity contribution in [2.45, 2.75) is 32.3 Å². The Bertz CT molecular complexity index is 747. The number of nitrogens with zero attached hydrogens (tertiary/aromatic N) is 1. The first-order chi connectivity index (χ1) is 13.5. The van der Waals surface area contributed by atoms with Crippen LogP contribution in [0.2, 0.25) is 0 Å². The van der Waals surface area contributed by atoms with Crippen molar-refractivity contribution in [2.24, 2.45) is 11.8 Å². The molecule has 0 bridgehead atoms. The molecular weight excluding hydrogens is 350 g/mol. The Kier molecular flexibility index (Phi) is 6.74. The van der Waals surface area contributed by atoms with Crippen molar-refractivity contribution < 1.29 is 14.3 Å². The summed E-state index contributed by atoms with van der Waals surface area (Å²) in [5, 5.41) is 0. The minimum absolute atomic E-state index is 0.0520. The van der Waals surface area contributed by atoms with Crippen LogP contribution < -0.4 is 0 Å². The van der Waals surface area contributed by atoms with E-state index in [1.165, 1.54) is 11.1 Å². The first-order valence-corrected chi connectivity index (χ1v) is 10.1. The highest BCUT2D eigenvalue weighted by molar-refractivity contribution is 5.67. The summed E-state index contributed by atoms with van der Waals surface area (Å²) in [6.45, 7) is 6.49. The lowest BCUT2D eigenvalue weighted by atomic mass is 9.93. The van der Waals surface area contributed by atoms with Gasteiger partial charge in [0.15, 0.2) is 0 Å². The minimum Gasteiger partial charge on any atom is -0.449 e. The maximum Gasteiger partial charge on any atom is 0.409 e. The lowest BCUT2D eigenvalue weighted by molar-refractivity contribution is 0.0891. The zero-order chi connectivity index (χ0) is 20.0. The molecule has 0 spiro atoms. The summed E-state index contributed by atoms with van der Waals surface area (Å²) in [5.41, 5.74) is 2.40. The average Bonchev–Trinajstić information content (AvgIpc) is 3.41. The van der Waals surface area contributed by atoms with Crippen LogP contribution in [0.25, 0.3) is 0 Å². The Hall–Kier alpha value is -2.33. The normalized spacial score (nSPS) is 20.8. The van der Waals surface area contributed by atoms with Crippen LogP contribution in [0.4, 0.5) is 4.79 Å². The second kappa shape index (κ2) is 9.24. The summed E-state index contributed by atoms with van der Waals surface area (Å²) in [6.07, 6.45) is 0.771. The molecule has 28 heavy (non-hydrogen) atoms. The van der Waals surface area contributed by atoms with Gasteiger partial charge in [-0.15, -0.1) is 0 Å². The fourth-order valence-electron chi connectivity index (χ4n) is 3.74. The molecule has 0 saturated heterocycles. The Balaban J connectivity index is 1.61. The van der Waals surface area contributed by atoms with Crippen molar-refractivity contribution in [1.82, 2.24) is 4.90 Å². The standard InChI is InChI=1S/C24H31NO3/c1-19(2)15-28-23(26)25(3)18-24(21-12-8-5-9-13-21)14-22(24)17-27-16-20-10-6-4-7-11-20/h4-13,19,22H,14-18H2,1-3H3/t22-,24+/m0/s1. The van der Waals surface area contributed by atoms with Gasteiger partial charge in [0, 0.05) is 19.0 Å². The van der Waals surface area contributed by atoms with Crippen molar-refractivity contribution in [3.8, 4) is 0 Å². The van der Waals surface area contributed by atoms with E-state index in [4.69, 9.17) is 9.47 Å². The van der Waals surface area contributed by atoms with Crippen LogP contribution in [-0.4, -0.2) is 37.8 Å². The highest BCUT2D eigenvalue weighted by Gasteiger charge is 2.56. The van der Waals surface area contributed by atoms with Gasteiger partial charge in [0.1, 0.15) is 0 Å². The SMILES string of the molecule is CC(C)COC(=O)N(C)C[C@@]1(c2ccccc2)C[C@H]1COCc1ccccc1. The highest BCUT2D eigenvalue weighted by atomic mass is 16.6. The minimum atomic E-state index is -0.250. The molecule has 0 aromatic heterocycles. The number of ether oxygens (including phenoxy) is 2. The summed E-state index contributed by atoms with van der Waals surface area (Å²) in [7, 11) is 1.83. The van der Waals surface area contributed by atoms with E-state index in [9.17, 15) is 4.79 Å². The van der Waals surface area contributed by atoms with Gasteiger partial charge in [-0.25, -0.2) is 4.79 Å². The molecule has 2 aromatic carbocycles. The van der Waals surface area contributed by atoms with Crippen molar-refractivity contribution in [3.05, 3.63) is 71.8 Å². The van der Waals surface area contributed by atoms with Crippen molar-refractivity contribution in [3.63, 3.8) is 0 Å². The molecule has 2 atom stereocenters. The van der Waals surface area contributed by atoms with Crippen LogP contribution in [0.1, 0.15) is 31.4 Å². The van der Waals surface area contributed by atoms with E-state index in [0.717, 1.165) is 6.42 Å². The molecule has 1 amide bonds. The Morgan fingerprint density at radius 2 is 1.75 bits per heavy atom. The predicted molar refractivity (Wildman–Crippen MR) is 111 cm³/mol. The van der Waals surface area contributed by atoms with Gasteiger partial charge in [0.25, 0.3) is 0 Å². The molecule has 4 nitrogen and oxygen atoms in total. The maximum atomic E-state index is 12.4. The van der Waals surface area contributed by atoms with Gasteiger partial charge in [-0.2, -0.15) is 0 Å². The topological polar surface area (TPSA) is 38.8 Å². The number of hydrogen-bond donors (Lipinski definition) is 0. The van der Waals surface area contributed by atoms with E-state index in [1.54, 1.807) is 4.90 Å². The molecule has 0 radical (unpaired) electrons. The second-order valence-electron chi connectivity index (χ2n) is 8.25. The van der Waals surface area contributed by atoms with Gasteiger partial charge in [0.2, 0.25) is 0 Å². The summed E-state index contributed by atoms with van der Waals surface area (Å²) < 4.78 is 11.4. The first kappa shape index (κ1) is 20.4. The largest absolute Gasteiger partial charge is 0.449 e. The zero-order valence-electron chi connectivity index (χ0n) is 17.1. The van der Waals surface area contributed by atoms with Gasteiger partial charge in [-0.1, -0.05) is 74.5 Å². The van der Waals surface area contributed by atoms with Gasteiger partial charge < -0.3 is 14.4 Å². The molecule has 2 aromatic rings. The molecule has 4 heteroatoms. The maximum absolute atomic E-state index is 12.4. The van der Waals surface area contributed by atoms with Crippen LogP contribution in [-0.2, 0) is 21.5 Å². The van der Waals surface area contributed by atoms with Crippen LogP contribution in [0.3, 0.4) is 0 Å². The van der Waals surface area contributed by atoms with E-state index in [1.807, 2.05) is 45.2 Å². The third-order valence-corrected chi connectivity index (χ3v) is 5.38. The molecule has 0 N–H and O–H groups in total. The van der Waals surface area contributed by atoms with Gasteiger partial charge >= 0.3 is 6.09 Å². The lowest BCUT2D eigenvalue weighted by Gasteiger charge is -2.25. The van der Waals surface area contributed by atoms with E-state index >= 15 is 0 Å². The molecule has 150 valence electrons. The van der Waals surface area contributed by atoms with Gasteiger partial charge in [0.05, 0.1) is 19.8 Å². The molecule has 3 rings (SSSR count). The number of carbonyl (C=O) groups is 1. The van der Waals surface area contributed by atoms with E-state index < -0.39 is 0 Å². The van der Waals surface area contributed by atoms with Crippen LogP contribution in [0, 0.1) is 11.8 Å². The van der Waals surface area contributed by atoms with Crippen LogP contribution in [0.15, 0.2) is 60.7 Å². The van der Waals surface area contributed by atoms with Crippen LogP contribution in [0.5, 0.6) is 0 Å². The molecular formula is C24H31NO3. The highest BCUT2D eigenvalue weighted by Crippen LogP contribution is 2.54. The predicted octanol–water partition coefficient (Wildman–Crippen LogP) is 4.89. The zero-order valence-corrected chi connectivity index (χ0v) is 17.1. The first-order valence-electron chi connectivity index (χ1n) is 10.1. The number of rotatable bonds is 9. The van der Waals surface area contributed by atoms with Gasteiger partial charge in [-0.3, -0.25) is 0 Å². The molecule has 1 aliphatic rings. The van der Waals surface area contributed by atoms with E-state index in [0.29, 0.717) is 38.2 Å². The molecule has 0 unspecified atom stereocenters. The summed E-state index contributed by atoms with van der Waals surface area (Å²) in [6, 6.07) is 20.7. The number of amides is 1. The van der Waals surface area contributed by atoms with Crippen LogP contribution >= 0.6 is 0 Å². The average molecular weight is 382 g/mol. The van der Waals surface area contributed by atoms with E-state index in [2.05, 4.69) is 36.4 Å². The van der Waals surface area contributed by atoms with Crippen molar-refractivity contribution in [1.29, 1.82) is 0 Å². The fraction of sp³-hybridized carbons (Fsp3) is 0.458.